The van der Waals surface area contributed by atoms with Crippen molar-refractivity contribution in [3.05, 3.63) is 57.9 Å². The second-order valence-electron chi connectivity index (χ2n) is 6.42. The maximum Gasteiger partial charge on any atom is 0.276 e. The lowest BCUT2D eigenvalue weighted by Gasteiger charge is -2.10. The molecular formula is C22H18ClN3O4S2. The van der Waals surface area contributed by atoms with Crippen molar-refractivity contribution >= 4 is 45.3 Å². The van der Waals surface area contributed by atoms with Crippen molar-refractivity contribution in [3.63, 3.8) is 0 Å². The van der Waals surface area contributed by atoms with Crippen LogP contribution >= 0.6 is 34.3 Å². The monoisotopic (exact) mass is 487 g/mol. The Hall–Kier alpha value is -3.14. The molecule has 0 unspecified atom stereocenters. The maximum atomic E-state index is 12.7. The van der Waals surface area contributed by atoms with Crippen LogP contribution in [0.5, 0.6) is 17.2 Å². The average Bonchev–Trinajstić information content (AvgIpc) is 3.48. The molecule has 0 saturated carbocycles. The fourth-order valence-corrected chi connectivity index (χ4v) is 4.80. The number of ether oxygens (including phenoxy) is 3. The molecule has 0 atom stereocenters. The van der Waals surface area contributed by atoms with Gasteiger partial charge >= 0.3 is 0 Å². The largest absolute Gasteiger partial charge is 0.495 e. The molecular weight excluding hydrogens is 470 g/mol. The molecule has 4 rings (SSSR count). The summed E-state index contributed by atoms with van der Waals surface area (Å²) in [5, 5.41) is 7.95. The molecule has 0 fully saturated rings. The van der Waals surface area contributed by atoms with Crippen LogP contribution in [-0.4, -0.2) is 37.2 Å². The Bertz CT molecular complexity index is 1270. The third-order valence-corrected chi connectivity index (χ3v) is 6.47. The summed E-state index contributed by atoms with van der Waals surface area (Å²) in [6.45, 7) is 0. The number of hydrogen-bond donors (Lipinski definition) is 1. The normalized spacial score (nSPS) is 10.6. The molecule has 1 amide bonds. The first-order valence-electron chi connectivity index (χ1n) is 9.31. The number of hydrogen-bond acceptors (Lipinski definition) is 8. The zero-order valence-electron chi connectivity index (χ0n) is 17.3. The Kier molecular flexibility index (Phi) is 6.59. The Morgan fingerprint density at radius 2 is 1.78 bits per heavy atom. The van der Waals surface area contributed by atoms with Gasteiger partial charge in [-0.05, 0) is 30.3 Å². The Labute approximate surface area is 197 Å². The van der Waals surface area contributed by atoms with Gasteiger partial charge in [0.25, 0.3) is 5.91 Å². The first-order chi connectivity index (χ1) is 15.5. The van der Waals surface area contributed by atoms with Crippen LogP contribution in [0, 0.1) is 0 Å². The highest BCUT2D eigenvalue weighted by Crippen LogP contribution is 2.39. The van der Waals surface area contributed by atoms with Gasteiger partial charge in [0, 0.05) is 16.3 Å². The quantitative estimate of drug-likeness (QED) is 0.351. The number of carbonyl (C=O) groups is 1. The van der Waals surface area contributed by atoms with Crippen LogP contribution < -0.4 is 19.5 Å². The number of nitrogens with zero attached hydrogens (tertiary/aromatic N) is 2. The summed E-state index contributed by atoms with van der Waals surface area (Å²) in [4.78, 5) is 21.7. The van der Waals surface area contributed by atoms with Crippen molar-refractivity contribution in [2.45, 2.75) is 0 Å². The fourth-order valence-electron chi connectivity index (χ4n) is 3.01. The van der Waals surface area contributed by atoms with Crippen LogP contribution in [0.2, 0.25) is 5.02 Å². The van der Waals surface area contributed by atoms with Crippen LogP contribution in [0.25, 0.3) is 21.8 Å². The molecule has 7 nitrogen and oxygen atoms in total. The van der Waals surface area contributed by atoms with E-state index < -0.39 is 0 Å². The second kappa shape index (κ2) is 9.56. The lowest BCUT2D eigenvalue weighted by atomic mass is 10.2. The van der Waals surface area contributed by atoms with E-state index in [1.54, 1.807) is 44.9 Å². The number of para-hydroxylation sites is 1. The molecule has 0 aliphatic carbocycles. The van der Waals surface area contributed by atoms with E-state index in [-0.39, 0.29) is 5.91 Å². The molecule has 2 aromatic carbocycles. The molecule has 4 aromatic rings. The Morgan fingerprint density at radius 1 is 0.969 bits per heavy atom. The van der Waals surface area contributed by atoms with Gasteiger partial charge in [0.2, 0.25) is 0 Å². The molecule has 0 radical (unpaired) electrons. The number of carbonyl (C=O) groups excluding carboxylic acids is 1. The van der Waals surface area contributed by atoms with Gasteiger partial charge in [0.1, 0.15) is 16.5 Å². The zero-order valence-corrected chi connectivity index (χ0v) is 19.7. The Morgan fingerprint density at radius 3 is 2.50 bits per heavy atom. The van der Waals surface area contributed by atoms with E-state index in [2.05, 4.69) is 15.3 Å². The number of anilines is 1. The maximum absolute atomic E-state index is 12.7. The van der Waals surface area contributed by atoms with Gasteiger partial charge in [-0.25, -0.2) is 9.97 Å². The second-order valence-corrected chi connectivity index (χ2v) is 8.54. The number of methoxy groups -OCH3 is 3. The summed E-state index contributed by atoms with van der Waals surface area (Å²) in [6, 6.07) is 10.9. The van der Waals surface area contributed by atoms with E-state index >= 15 is 0 Å². The molecule has 0 aliphatic heterocycles. The standard InChI is InChI=1S/C22H18ClN3O4S2/c1-28-17-8-7-12(9-14(17)23)15-10-32-22(25-15)26-20(27)16-11-31-21(24-16)13-5-4-6-18(29-2)19(13)30-3/h4-11H,1-3H3,(H,25,26,27). The first kappa shape index (κ1) is 22.1. The van der Waals surface area contributed by atoms with Crippen LogP contribution in [0.1, 0.15) is 10.5 Å². The van der Waals surface area contributed by atoms with E-state index in [1.807, 2.05) is 23.6 Å². The van der Waals surface area contributed by atoms with Crippen LogP contribution in [0.3, 0.4) is 0 Å². The molecule has 2 aromatic heterocycles. The molecule has 2 heterocycles. The number of rotatable bonds is 7. The van der Waals surface area contributed by atoms with Crippen molar-refractivity contribution in [1.29, 1.82) is 0 Å². The van der Waals surface area contributed by atoms with Gasteiger partial charge in [0.15, 0.2) is 16.6 Å². The van der Waals surface area contributed by atoms with Gasteiger partial charge in [0.05, 0.1) is 37.6 Å². The van der Waals surface area contributed by atoms with Crippen molar-refractivity contribution in [2.75, 3.05) is 26.6 Å². The number of nitrogens with one attached hydrogen (secondary N) is 1. The number of amides is 1. The smallest absolute Gasteiger partial charge is 0.276 e. The van der Waals surface area contributed by atoms with Gasteiger partial charge in [-0.2, -0.15) is 0 Å². The topological polar surface area (TPSA) is 82.6 Å². The average molecular weight is 488 g/mol. The number of thiazole rings is 2. The van der Waals surface area contributed by atoms with Gasteiger partial charge < -0.3 is 14.2 Å². The highest BCUT2D eigenvalue weighted by Gasteiger charge is 2.18. The van der Waals surface area contributed by atoms with Crippen LogP contribution in [0.15, 0.2) is 47.2 Å². The van der Waals surface area contributed by atoms with E-state index in [4.69, 9.17) is 25.8 Å². The zero-order chi connectivity index (χ0) is 22.7. The van der Waals surface area contributed by atoms with E-state index in [9.17, 15) is 4.79 Å². The van der Waals surface area contributed by atoms with Crippen LogP contribution in [-0.2, 0) is 0 Å². The van der Waals surface area contributed by atoms with Gasteiger partial charge in [-0.3, -0.25) is 10.1 Å². The predicted octanol–water partition coefficient (Wildman–Crippen LogP) is 5.87. The minimum atomic E-state index is -0.344. The Balaban J connectivity index is 1.52. The van der Waals surface area contributed by atoms with E-state index in [0.29, 0.717) is 43.8 Å². The summed E-state index contributed by atoms with van der Waals surface area (Å²) in [5.41, 5.74) is 2.58. The van der Waals surface area contributed by atoms with Crippen molar-refractivity contribution in [3.8, 4) is 39.1 Å². The number of halogens is 1. The third-order valence-electron chi connectivity index (χ3n) is 4.54. The van der Waals surface area contributed by atoms with Crippen molar-refractivity contribution in [2.24, 2.45) is 0 Å². The highest BCUT2D eigenvalue weighted by atomic mass is 35.5. The molecule has 32 heavy (non-hydrogen) atoms. The summed E-state index contributed by atoms with van der Waals surface area (Å²) >= 11 is 8.87. The van der Waals surface area contributed by atoms with E-state index in [0.717, 1.165) is 11.1 Å². The molecule has 0 spiro atoms. The minimum absolute atomic E-state index is 0.291. The highest BCUT2D eigenvalue weighted by molar-refractivity contribution is 7.14. The first-order valence-corrected chi connectivity index (χ1v) is 11.5. The summed E-state index contributed by atoms with van der Waals surface area (Å²) in [7, 11) is 4.70. The summed E-state index contributed by atoms with van der Waals surface area (Å²) < 4.78 is 16.0. The van der Waals surface area contributed by atoms with E-state index in [1.165, 1.54) is 22.7 Å². The van der Waals surface area contributed by atoms with Gasteiger partial charge in [-0.15, -0.1) is 22.7 Å². The lowest BCUT2D eigenvalue weighted by molar-refractivity contribution is 0.102. The third kappa shape index (κ3) is 4.40. The molecule has 0 bridgehead atoms. The minimum Gasteiger partial charge on any atom is -0.495 e. The number of benzene rings is 2. The van der Waals surface area contributed by atoms with Crippen molar-refractivity contribution in [1.82, 2.24) is 9.97 Å². The molecule has 1 N–H and O–H groups in total. The summed E-state index contributed by atoms with van der Waals surface area (Å²) in [6.07, 6.45) is 0. The number of aromatic nitrogens is 2. The lowest BCUT2D eigenvalue weighted by Crippen LogP contribution is -2.12. The predicted molar refractivity (Wildman–Crippen MR) is 128 cm³/mol. The summed E-state index contributed by atoms with van der Waals surface area (Å²) in [5.74, 6) is 1.41. The SMILES string of the molecule is COc1ccc(-c2csc(NC(=O)c3csc(-c4cccc(OC)c4OC)n3)n2)cc1Cl. The van der Waals surface area contributed by atoms with Crippen molar-refractivity contribution < 1.29 is 19.0 Å². The molecule has 0 aliphatic rings. The molecule has 0 saturated heterocycles. The van der Waals surface area contributed by atoms with Crippen LogP contribution in [0.4, 0.5) is 5.13 Å². The fraction of sp³-hybridized carbons (Fsp3) is 0.136. The van der Waals surface area contributed by atoms with Gasteiger partial charge in [-0.1, -0.05) is 17.7 Å². The molecule has 164 valence electrons. The molecule has 10 heteroatoms.